The van der Waals surface area contributed by atoms with E-state index in [1.165, 1.54) is 0 Å². The molecule has 0 bridgehead atoms. The third kappa shape index (κ3) is 4.90. The van der Waals surface area contributed by atoms with Gasteiger partial charge >= 0.3 is 0 Å². The molecule has 5 heteroatoms. The third-order valence-corrected chi connectivity index (χ3v) is 2.88. The Labute approximate surface area is 102 Å². The number of amides is 1. The van der Waals surface area contributed by atoms with Crippen molar-refractivity contribution < 1.29 is 9.53 Å². The predicted molar refractivity (Wildman–Crippen MR) is 67.2 cm³/mol. The Morgan fingerprint density at radius 2 is 2.25 bits per heavy atom. The van der Waals surface area contributed by atoms with Crippen LogP contribution in [0.15, 0.2) is 0 Å². The maximum absolute atomic E-state index is 11.6. The first-order valence-corrected chi connectivity index (χ1v) is 6.22. The molecule has 3 N–H and O–H groups in total. The maximum Gasteiger partial charge on any atom is 0.249 e. The molecule has 1 rings (SSSR count). The fourth-order valence-corrected chi connectivity index (χ4v) is 1.89. The third-order valence-electron chi connectivity index (χ3n) is 2.67. The first-order chi connectivity index (χ1) is 7.59. The van der Waals surface area contributed by atoms with E-state index in [-0.39, 0.29) is 18.1 Å². The average Bonchev–Trinajstić information content (AvgIpc) is 2.63. The topological polar surface area (TPSA) is 64.4 Å². The van der Waals surface area contributed by atoms with E-state index in [0.717, 1.165) is 32.1 Å². The molecule has 0 aromatic rings. The van der Waals surface area contributed by atoms with Gasteiger partial charge in [0.15, 0.2) is 0 Å². The molecule has 16 heavy (non-hydrogen) atoms. The maximum atomic E-state index is 11.6. The number of nitrogens with one attached hydrogen (secondary N) is 1. The Balaban J connectivity index is 2.04. The van der Waals surface area contributed by atoms with E-state index in [9.17, 15) is 4.79 Å². The number of carbonyl (C=O) groups excluding carboxylic acids is 1. The van der Waals surface area contributed by atoms with Gasteiger partial charge in [0, 0.05) is 6.54 Å². The van der Waals surface area contributed by atoms with Crippen LogP contribution in [0.2, 0.25) is 0 Å². The van der Waals surface area contributed by atoms with E-state index >= 15 is 0 Å². The van der Waals surface area contributed by atoms with Crippen molar-refractivity contribution in [2.24, 2.45) is 5.73 Å². The second-order valence-electron chi connectivity index (χ2n) is 4.23. The minimum absolute atomic E-state index is 0.0136. The van der Waals surface area contributed by atoms with Gasteiger partial charge in [0.1, 0.15) is 6.10 Å². The molecular weight excluding hydrogens is 224 g/mol. The number of nitrogens with two attached hydrogens (primary N) is 1. The molecule has 1 aliphatic rings. The molecule has 1 fully saturated rings. The minimum atomic E-state index is -0.245. The smallest absolute Gasteiger partial charge is 0.249 e. The van der Waals surface area contributed by atoms with E-state index in [4.69, 9.17) is 22.7 Å². The normalized spacial score (nSPS) is 24.3. The van der Waals surface area contributed by atoms with Crippen molar-refractivity contribution in [2.75, 3.05) is 6.54 Å². The summed E-state index contributed by atoms with van der Waals surface area (Å²) in [5.41, 5.74) is 5.37. The lowest BCUT2D eigenvalue weighted by Crippen LogP contribution is -2.35. The molecule has 0 aliphatic carbocycles. The molecule has 1 amide bonds. The van der Waals surface area contributed by atoms with E-state index in [1.807, 2.05) is 6.92 Å². The van der Waals surface area contributed by atoms with Crippen LogP contribution in [0.1, 0.15) is 39.0 Å². The molecule has 0 aromatic carbocycles. The van der Waals surface area contributed by atoms with Crippen LogP contribution < -0.4 is 11.1 Å². The molecule has 0 radical (unpaired) electrons. The molecule has 0 saturated carbocycles. The monoisotopic (exact) mass is 244 g/mol. The van der Waals surface area contributed by atoms with Gasteiger partial charge in [0.2, 0.25) is 5.91 Å². The number of hydrogen-bond acceptors (Lipinski definition) is 3. The zero-order valence-corrected chi connectivity index (χ0v) is 10.5. The molecule has 0 aromatic heterocycles. The van der Waals surface area contributed by atoms with Gasteiger partial charge in [-0.2, -0.15) is 0 Å². The van der Waals surface area contributed by atoms with Gasteiger partial charge in [-0.1, -0.05) is 12.2 Å². The van der Waals surface area contributed by atoms with Gasteiger partial charge < -0.3 is 15.8 Å². The molecule has 1 saturated heterocycles. The lowest BCUT2D eigenvalue weighted by molar-refractivity contribution is -0.131. The summed E-state index contributed by atoms with van der Waals surface area (Å²) < 4.78 is 5.47. The lowest BCUT2D eigenvalue weighted by atomic mass is 10.2. The first-order valence-electron chi connectivity index (χ1n) is 5.81. The molecular formula is C11H20N2O2S. The van der Waals surface area contributed by atoms with E-state index in [2.05, 4.69) is 5.32 Å². The van der Waals surface area contributed by atoms with Crippen LogP contribution in [0.4, 0.5) is 0 Å². The molecule has 92 valence electrons. The van der Waals surface area contributed by atoms with Crippen molar-refractivity contribution in [1.29, 1.82) is 0 Å². The predicted octanol–water partition coefficient (Wildman–Crippen LogP) is 1.13. The Kier molecular flexibility index (Phi) is 5.69. The largest absolute Gasteiger partial charge is 0.393 e. The Morgan fingerprint density at radius 3 is 2.81 bits per heavy atom. The quantitative estimate of drug-likeness (QED) is 0.543. The highest BCUT2D eigenvalue weighted by molar-refractivity contribution is 7.80. The SMILES string of the molecule is CC1CCC(C(=O)NCCCCC(N)=S)O1. The van der Waals surface area contributed by atoms with E-state index < -0.39 is 0 Å². The van der Waals surface area contributed by atoms with E-state index in [0.29, 0.717) is 11.5 Å². The first kappa shape index (κ1) is 13.4. The van der Waals surface area contributed by atoms with Gasteiger partial charge in [0.25, 0.3) is 0 Å². The number of unbranched alkanes of at least 4 members (excludes halogenated alkanes) is 1. The highest BCUT2D eigenvalue weighted by Gasteiger charge is 2.27. The standard InChI is InChI=1S/C11H20N2O2S/c1-8-5-6-9(15-8)11(14)13-7-3-2-4-10(12)16/h8-9H,2-7H2,1H3,(H2,12,16)(H,13,14). The van der Waals surface area contributed by atoms with Crippen molar-refractivity contribution in [3.63, 3.8) is 0 Å². The van der Waals surface area contributed by atoms with Crippen LogP contribution >= 0.6 is 12.2 Å². The Bertz CT molecular complexity index is 258. The Morgan fingerprint density at radius 1 is 1.50 bits per heavy atom. The minimum Gasteiger partial charge on any atom is -0.393 e. The van der Waals surface area contributed by atoms with Gasteiger partial charge in [0.05, 0.1) is 11.1 Å². The second-order valence-corrected chi connectivity index (χ2v) is 4.75. The zero-order valence-electron chi connectivity index (χ0n) is 9.70. The molecule has 0 spiro atoms. The number of carbonyl (C=O) groups is 1. The van der Waals surface area contributed by atoms with Crippen molar-refractivity contribution in [2.45, 2.75) is 51.2 Å². The van der Waals surface area contributed by atoms with Crippen LogP contribution in [0.5, 0.6) is 0 Å². The van der Waals surface area contributed by atoms with Gasteiger partial charge in [-0.25, -0.2) is 0 Å². The number of hydrogen-bond donors (Lipinski definition) is 2. The fraction of sp³-hybridized carbons (Fsp3) is 0.818. The lowest BCUT2D eigenvalue weighted by Gasteiger charge is -2.11. The van der Waals surface area contributed by atoms with Crippen LogP contribution in [-0.4, -0.2) is 29.6 Å². The highest BCUT2D eigenvalue weighted by atomic mass is 32.1. The highest BCUT2D eigenvalue weighted by Crippen LogP contribution is 2.18. The van der Waals surface area contributed by atoms with Crippen molar-refractivity contribution in [3.8, 4) is 0 Å². The van der Waals surface area contributed by atoms with Crippen molar-refractivity contribution in [1.82, 2.24) is 5.32 Å². The molecule has 4 nitrogen and oxygen atoms in total. The summed E-state index contributed by atoms with van der Waals surface area (Å²) in [6.45, 7) is 2.67. The Hall–Kier alpha value is -0.680. The molecule has 2 atom stereocenters. The van der Waals surface area contributed by atoms with Crippen LogP contribution in [0.25, 0.3) is 0 Å². The molecule has 2 unspecified atom stereocenters. The summed E-state index contributed by atoms with van der Waals surface area (Å²) in [5, 5.41) is 2.87. The summed E-state index contributed by atoms with van der Waals surface area (Å²) in [7, 11) is 0. The summed E-state index contributed by atoms with van der Waals surface area (Å²) >= 11 is 4.77. The number of rotatable bonds is 6. The molecule has 1 heterocycles. The second kappa shape index (κ2) is 6.81. The van der Waals surface area contributed by atoms with Gasteiger partial charge in [-0.15, -0.1) is 0 Å². The molecule has 1 aliphatic heterocycles. The average molecular weight is 244 g/mol. The summed E-state index contributed by atoms with van der Waals surface area (Å²) in [6.07, 6.45) is 4.36. The zero-order chi connectivity index (χ0) is 12.0. The van der Waals surface area contributed by atoms with Crippen LogP contribution in [-0.2, 0) is 9.53 Å². The van der Waals surface area contributed by atoms with Gasteiger partial charge in [-0.05, 0) is 39.0 Å². The fourth-order valence-electron chi connectivity index (χ4n) is 1.75. The summed E-state index contributed by atoms with van der Waals surface area (Å²) in [6, 6.07) is 0. The van der Waals surface area contributed by atoms with Gasteiger partial charge in [-0.3, -0.25) is 4.79 Å². The van der Waals surface area contributed by atoms with Crippen LogP contribution in [0, 0.1) is 0 Å². The van der Waals surface area contributed by atoms with E-state index in [1.54, 1.807) is 0 Å². The summed E-state index contributed by atoms with van der Waals surface area (Å²) in [5.74, 6) is 0.0136. The van der Waals surface area contributed by atoms with Crippen molar-refractivity contribution >= 4 is 23.1 Å². The van der Waals surface area contributed by atoms with Crippen LogP contribution in [0.3, 0.4) is 0 Å². The summed E-state index contributed by atoms with van der Waals surface area (Å²) in [4.78, 5) is 12.1. The number of thiocarbonyl (C=S) groups is 1. The van der Waals surface area contributed by atoms with Crippen molar-refractivity contribution in [3.05, 3.63) is 0 Å². The number of ether oxygens (including phenoxy) is 1.